The molecule has 5 heteroatoms. The summed E-state index contributed by atoms with van der Waals surface area (Å²) in [5.74, 6) is 0.952. The Balaban J connectivity index is 1.70. The lowest BCUT2D eigenvalue weighted by Gasteiger charge is -2.16. The summed E-state index contributed by atoms with van der Waals surface area (Å²) >= 11 is 0. The van der Waals surface area contributed by atoms with Crippen molar-refractivity contribution < 1.29 is 4.74 Å². The molecule has 1 aromatic carbocycles. The van der Waals surface area contributed by atoms with Crippen LogP contribution in [0, 0.1) is 0 Å². The van der Waals surface area contributed by atoms with Gasteiger partial charge in [-0.25, -0.2) is 4.98 Å². The Hall–Kier alpha value is -2.14. The quantitative estimate of drug-likeness (QED) is 0.910. The standard InChI is InChI=1S/C18H22N4O/c19-18-21-16-14-8-2-1-5-12(14)6-3-9-15(16)17(22-18)23-11-13-7-4-10-20-13/h1-2,5,8,13,20H,3-4,6-7,9-11H2,(H2,19,21,22)/t13-/m0/s1. The lowest BCUT2D eigenvalue weighted by molar-refractivity contribution is 0.265. The van der Waals surface area contributed by atoms with Crippen LogP contribution in [-0.2, 0) is 12.8 Å². The fraction of sp³-hybridized carbons (Fsp3) is 0.444. The third kappa shape index (κ3) is 2.88. The molecule has 2 aliphatic rings. The molecule has 0 spiro atoms. The number of aromatic nitrogens is 2. The SMILES string of the molecule is Nc1nc(OC[C@@H]2CCCN2)c2c(n1)-c1ccccc1CCC2. The van der Waals surface area contributed by atoms with Crippen LogP contribution in [0.15, 0.2) is 24.3 Å². The molecule has 1 aliphatic carbocycles. The second-order valence-electron chi connectivity index (χ2n) is 6.33. The predicted octanol–water partition coefficient (Wildman–Crippen LogP) is 2.35. The van der Waals surface area contributed by atoms with Crippen molar-refractivity contribution in [2.45, 2.75) is 38.1 Å². The molecule has 2 aromatic rings. The second-order valence-corrected chi connectivity index (χ2v) is 6.33. The third-order valence-electron chi connectivity index (χ3n) is 4.72. The van der Waals surface area contributed by atoms with Crippen molar-refractivity contribution in [2.24, 2.45) is 0 Å². The van der Waals surface area contributed by atoms with Crippen molar-refractivity contribution in [3.05, 3.63) is 35.4 Å². The molecule has 2 heterocycles. The van der Waals surface area contributed by atoms with Crippen LogP contribution in [0.5, 0.6) is 5.88 Å². The van der Waals surface area contributed by atoms with Gasteiger partial charge in [-0.05, 0) is 44.2 Å². The number of ether oxygens (including phenoxy) is 1. The third-order valence-corrected chi connectivity index (χ3v) is 4.72. The number of nitrogens with zero attached hydrogens (tertiary/aromatic N) is 2. The second kappa shape index (κ2) is 6.16. The first-order valence-electron chi connectivity index (χ1n) is 8.42. The number of hydrogen-bond acceptors (Lipinski definition) is 5. The highest BCUT2D eigenvalue weighted by atomic mass is 16.5. The molecular weight excluding hydrogens is 288 g/mol. The Kier molecular flexibility index (Phi) is 3.87. The predicted molar refractivity (Wildman–Crippen MR) is 90.4 cm³/mol. The van der Waals surface area contributed by atoms with E-state index in [1.807, 2.05) is 0 Å². The molecule has 0 unspecified atom stereocenters. The van der Waals surface area contributed by atoms with Crippen molar-refractivity contribution in [1.82, 2.24) is 15.3 Å². The maximum atomic E-state index is 6.05. The average molecular weight is 310 g/mol. The first kappa shape index (κ1) is 14.5. The molecule has 1 saturated heterocycles. The highest BCUT2D eigenvalue weighted by molar-refractivity contribution is 5.70. The molecule has 1 fully saturated rings. The largest absolute Gasteiger partial charge is 0.476 e. The number of aryl methyl sites for hydroxylation is 1. The van der Waals surface area contributed by atoms with E-state index in [0.717, 1.165) is 49.0 Å². The average Bonchev–Trinajstić information content (AvgIpc) is 3.01. The summed E-state index contributed by atoms with van der Waals surface area (Å²) in [5, 5.41) is 3.45. The van der Waals surface area contributed by atoms with Gasteiger partial charge in [0.15, 0.2) is 0 Å². The molecular formula is C18H22N4O. The Labute approximate surface area is 136 Å². The van der Waals surface area contributed by atoms with Gasteiger partial charge in [0.2, 0.25) is 11.8 Å². The van der Waals surface area contributed by atoms with Crippen LogP contribution in [0.25, 0.3) is 11.3 Å². The van der Waals surface area contributed by atoms with Gasteiger partial charge >= 0.3 is 0 Å². The minimum Gasteiger partial charge on any atom is -0.476 e. The van der Waals surface area contributed by atoms with Crippen LogP contribution in [0.1, 0.15) is 30.4 Å². The van der Waals surface area contributed by atoms with Crippen molar-refractivity contribution >= 4 is 5.95 Å². The van der Waals surface area contributed by atoms with E-state index < -0.39 is 0 Å². The number of rotatable bonds is 3. The first-order chi connectivity index (χ1) is 11.3. The fourth-order valence-corrected chi connectivity index (χ4v) is 3.55. The Bertz CT molecular complexity index is 710. The normalized spacial score (nSPS) is 19.7. The fourth-order valence-electron chi connectivity index (χ4n) is 3.55. The summed E-state index contributed by atoms with van der Waals surface area (Å²) in [7, 11) is 0. The molecule has 3 N–H and O–H groups in total. The van der Waals surface area contributed by atoms with Gasteiger partial charge in [0.25, 0.3) is 0 Å². The van der Waals surface area contributed by atoms with Crippen LogP contribution < -0.4 is 15.8 Å². The summed E-state index contributed by atoms with van der Waals surface area (Å²) < 4.78 is 6.05. The summed E-state index contributed by atoms with van der Waals surface area (Å²) in [6.07, 6.45) is 5.43. The van der Waals surface area contributed by atoms with Gasteiger partial charge in [0.05, 0.1) is 5.69 Å². The number of hydrogen-bond donors (Lipinski definition) is 2. The van der Waals surface area contributed by atoms with E-state index in [9.17, 15) is 0 Å². The van der Waals surface area contributed by atoms with E-state index in [2.05, 4.69) is 39.6 Å². The zero-order chi connectivity index (χ0) is 15.6. The van der Waals surface area contributed by atoms with Gasteiger partial charge in [-0.15, -0.1) is 0 Å². The van der Waals surface area contributed by atoms with E-state index in [-0.39, 0.29) is 5.95 Å². The van der Waals surface area contributed by atoms with Crippen molar-refractivity contribution in [1.29, 1.82) is 0 Å². The van der Waals surface area contributed by atoms with Gasteiger partial charge in [0.1, 0.15) is 6.61 Å². The summed E-state index contributed by atoms with van der Waals surface area (Å²) in [5.41, 5.74) is 10.5. The highest BCUT2D eigenvalue weighted by Crippen LogP contribution is 2.35. The molecule has 0 amide bonds. The Morgan fingerprint density at radius 3 is 2.96 bits per heavy atom. The van der Waals surface area contributed by atoms with E-state index in [1.165, 1.54) is 12.0 Å². The van der Waals surface area contributed by atoms with Crippen LogP contribution >= 0.6 is 0 Å². The lowest BCUT2D eigenvalue weighted by Crippen LogP contribution is -2.28. The molecule has 120 valence electrons. The van der Waals surface area contributed by atoms with Crippen molar-refractivity contribution in [2.75, 3.05) is 18.9 Å². The number of nitrogens with two attached hydrogens (primary N) is 1. The van der Waals surface area contributed by atoms with Gasteiger partial charge in [-0.2, -0.15) is 4.98 Å². The zero-order valence-corrected chi connectivity index (χ0v) is 13.2. The maximum Gasteiger partial charge on any atom is 0.223 e. The molecule has 1 aliphatic heterocycles. The number of nitrogens with one attached hydrogen (secondary N) is 1. The molecule has 0 bridgehead atoms. The van der Waals surface area contributed by atoms with Crippen LogP contribution in [0.2, 0.25) is 0 Å². The van der Waals surface area contributed by atoms with Crippen molar-refractivity contribution in [3.8, 4) is 17.1 Å². The molecule has 0 radical (unpaired) electrons. The number of benzene rings is 1. The van der Waals surface area contributed by atoms with E-state index in [4.69, 9.17) is 10.5 Å². The van der Waals surface area contributed by atoms with Gasteiger partial charge < -0.3 is 15.8 Å². The van der Waals surface area contributed by atoms with Gasteiger partial charge in [-0.3, -0.25) is 0 Å². The van der Waals surface area contributed by atoms with E-state index in [1.54, 1.807) is 0 Å². The number of nitrogen functional groups attached to an aromatic ring is 1. The molecule has 5 nitrogen and oxygen atoms in total. The Morgan fingerprint density at radius 2 is 2.09 bits per heavy atom. The maximum absolute atomic E-state index is 6.05. The monoisotopic (exact) mass is 310 g/mol. The Morgan fingerprint density at radius 1 is 1.17 bits per heavy atom. The smallest absolute Gasteiger partial charge is 0.223 e. The lowest BCUT2D eigenvalue weighted by atomic mass is 10.0. The van der Waals surface area contributed by atoms with Crippen LogP contribution in [0.4, 0.5) is 5.95 Å². The zero-order valence-electron chi connectivity index (χ0n) is 13.2. The van der Waals surface area contributed by atoms with Crippen molar-refractivity contribution in [3.63, 3.8) is 0 Å². The summed E-state index contributed by atoms with van der Waals surface area (Å²) in [6.45, 7) is 1.72. The topological polar surface area (TPSA) is 73.1 Å². The summed E-state index contributed by atoms with van der Waals surface area (Å²) in [4.78, 5) is 8.91. The van der Waals surface area contributed by atoms with E-state index in [0.29, 0.717) is 18.5 Å². The van der Waals surface area contributed by atoms with Gasteiger partial charge in [-0.1, -0.05) is 24.3 Å². The van der Waals surface area contributed by atoms with Crippen LogP contribution in [0.3, 0.4) is 0 Å². The molecule has 1 atom stereocenters. The number of anilines is 1. The van der Waals surface area contributed by atoms with E-state index >= 15 is 0 Å². The first-order valence-corrected chi connectivity index (χ1v) is 8.42. The minimum atomic E-state index is 0.287. The highest BCUT2D eigenvalue weighted by Gasteiger charge is 2.22. The molecule has 0 saturated carbocycles. The minimum absolute atomic E-state index is 0.287. The molecule has 23 heavy (non-hydrogen) atoms. The number of fused-ring (bicyclic) bond motifs is 3. The summed E-state index contributed by atoms with van der Waals surface area (Å²) in [6, 6.07) is 8.84. The molecule has 1 aromatic heterocycles. The van der Waals surface area contributed by atoms with Gasteiger partial charge in [0, 0.05) is 17.2 Å². The molecule has 4 rings (SSSR count). The van der Waals surface area contributed by atoms with Crippen LogP contribution in [-0.4, -0.2) is 29.2 Å².